The van der Waals surface area contributed by atoms with Gasteiger partial charge in [0.25, 0.3) is 0 Å². The summed E-state index contributed by atoms with van der Waals surface area (Å²) in [6.07, 6.45) is 4.67. The van der Waals surface area contributed by atoms with Gasteiger partial charge >= 0.3 is 0 Å². The number of hydrogen-bond acceptors (Lipinski definition) is 3. The molecule has 0 saturated carbocycles. The van der Waals surface area contributed by atoms with Gasteiger partial charge < -0.3 is 10.8 Å². The third kappa shape index (κ3) is 2.54. The molecule has 0 amide bonds. The third-order valence-electron chi connectivity index (χ3n) is 2.09. The van der Waals surface area contributed by atoms with E-state index in [9.17, 15) is 5.11 Å². The second-order valence-electron chi connectivity index (χ2n) is 3.34. The van der Waals surface area contributed by atoms with Crippen LogP contribution in [0.3, 0.4) is 0 Å². The topological polar surface area (TPSA) is 64.1 Å². The second-order valence-corrected chi connectivity index (χ2v) is 3.34. The maximum absolute atomic E-state index is 9.76. The fraction of sp³-hybridized carbons (Fsp3) is 0.667. The highest BCUT2D eigenvalue weighted by atomic mass is 16.3. The largest absolute Gasteiger partial charge is 0.387 e. The van der Waals surface area contributed by atoms with E-state index in [0.29, 0.717) is 0 Å². The summed E-state index contributed by atoms with van der Waals surface area (Å²) < 4.78 is 1.66. The fourth-order valence-corrected chi connectivity index (χ4v) is 1.33. The minimum atomic E-state index is -0.589. The van der Waals surface area contributed by atoms with Crippen molar-refractivity contribution in [3.05, 3.63) is 18.0 Å². The predicted octanol–water partition coefficient (Wildman–Crippen LogP) is 0.581. The van der Waals surface area contributed by atoms with Gasteiger partial charge in [-0.2, -0.15) is 5.10 Å². The molecule has 0 spiro atoms. The van der Waals surface area contributed by atoms with E-state index >= 15 is 0 Å². The maximum Gasteiger partial charge on any atom is 0.0971 e. The summed E-state index contributed by atoms with van der Waals surface area (Å²) in [7, 11) is 1.82. The Balaban J connectivity index is 2.61. The third-order valence-corrected chi connectivity index (χ3v) is 2.09. The average Bonchev–Trinajstić information content (AvgIpc) is 2.51. The molecule has 0 aliphatic rings. The van der Waals surface area contributed by atoms with Crippen LogP contribution in [0.5, 0.6) is 0 Å². The first kappa shape index (κ1) is 10.2. The van der Waals surface area contributed by atoms with Gasteiger partial charge in [0, 0.05) is 24.8 Å². The van der Waals surface area contributed by atoms with Crippen LogP contribution in [0.2, 0.25) is 0 Å². The number of aromatic nitrogens is 2. The molecule has 1 aromatic heterocycles. The number of aryl methyl sites for hydroxylation is 1. The standard InChI is InChI=1S/C9H17N3O/c1-3-4-8(10)9(13)7-5-11-12(2)6-7/h5-6,8-9,13H,3-4,10H2,1-2H3. The summed E-state index contributed by atoms with van der Waals surface area (Å²) in [5, 5.41) is 13.7. The molecule has 3 N–H and O–H groups in total. The van der Waals surface area contributed by atoms with Gasteiger partial charge in [0.1, 0.15) is 0 Å². The van der Waals surface area contributed by atoms with E-state index in [-0.39, 0.29) is 6.04 Å². The van der Waals surface area contributed by atoms with Crippen molar-refractivity contribution in [3.8, 4) is 0 Å². The SMILES string of the molecule is CCCC(N)C(O)c1cnn(C)c1. The highest BCUT2D eigenvalue weighted by Gasteiger charge is 2.16. The highest BCUT2D eigenvalue weighted by Crippen LogP contribution is 2.16. The van der Waals surface area contributed by atoms with Crippen LogP contribution < -0.4 is 5.73 Å². The molecule has 0 fully saturated rings. The first-order chi connectivity index (χ1) is 6.15. The molecule has 4 nitrogen and oxygen atoms in total. The molecular formula is C9H17N3O. The first-order valence-electron chi connectivity index (χ1n) is 4.57. The number of nitrogens with zero attached hydrogens (tertiary/aromatic N) is 2. The normalized spacial score (nSPS) is 15.7. The van der Waals surface area contributed by atoms with Crippen molar-refractivity contribution in [3.63, 3.8) is 0 Å². The molecule has 0 radical (unpaired) electrons. The fourth-order valence-electron chi connectivity index (χ4n) is 1.33. The van der Waals surface area contributed by atoms with Gasteiger partial charge in [-0.05, 0) is 6.42 Å². The van der Waals surface area contributed by atoms with Gasteiger partial charge in [-0.15, -0.1) is 0 Å². The van der Waals surface area contributed by atoms with Gasteiger partial charge in [0.15, 0.2) is 0 Å². The summed E-state index contributed by atoms with van der Waals surface area (Å²) in [4.78, 5) is 0. The lowest BCUT2D eigenvalue weighted by Gasteiger charge is -2.16. The van der Waals surface area contributed by atoms with Gasteiger partial charge in [-0.25, -0.2) is 0 Å². The summed E-state index contributed by atoms with van der Waals surface area (Å²) in [5.41, 5.74) is 6.58. The lowest BCUT2D eigenvalue weighted by Crippen LogP contribution is -2.27. The number of aliphatic hydroxyl groups excluding tert-OH is 1. The zero-order valence-electron chi connectivity index (χ0n) is 8.14. The zero-order valence-corrected chi connectivity index (χ0v) is 8.14. The molecule has 1 rings (SSSR count). The van der Waals surface area contributed by atoms with Gasteiger partial charge in [0.05, 0.1) is 12.3 Å². The Morgan fingerprint density at radius 2 is 2.38 bits per heavy atom. The molecular weight excluding hydrogens is 166 g/mol. The van der Waals surface area contributed by atoms with E-state index in [1.165, 1.54) is 0 Å². The van der Waals surface area contributed by atoms with Crippen LogP contribution in [0.1, 0.15) is 31.4 Å². The Hall–Kier alpha value is -0.870. The van der Waals surface area contributed by atoms with E-state index in [4.69, 9.17) is 5.73 Å². The second kappa shape index (κ2) is 4.39. The molecule has 0 aliphatic carbocycles. The smallest absolute Gasteiger partial charge is 0.0971 e. The molecule has 74 valence electrons. The van der Waals surface area contributed by atoms with Crippen molar-refractivity contribution in [1.82, 2.24) is 9.78 Å². The van der Waals surface area contributed by atoms with Crippen molar-refractivity contribution in [2.75, 3.05) is 0 Å². The van der Waals surface area contributed by atoms with E-state index in [0.717, 1.165) is 18.4 Å². The molecule has 1 aromatic rings. The van der Waals surface area contributed by atoms with E-state index < -0.39 is 6.10 Å². The summed E-state index contributed by atoms with van der Waals surface area (Å²) in [6.45, 7) is 2.05. The number of nitrogens with two attached hydrogens (primary N) is 1. The number of aliphatic hydroxyl groups is 1. The van der Waals surface area contributed by atoms with Crippen LogP contribution in [-0.4, -0.2) is 20.9 Å². The first-order valence-corrected chi connectivity index (χ1v) is 4.57. The van der Waals surface area contributed by atoms with Crippen LogP contribution >= 0.6 is 0 Å². The van der Waals surface area contributed by atoms with Crippen molar-refractivity contribution < 1.29 is 5.11 Å². The van der Waals surface area contributed by atoms with E-state index in [1.807, 2.05) is 7.05 Å². The van der Waals surface area contributed by atoms with Crippen molar-refractivity contribution in [2.24, 2.45) is 12.8 Å². The lowest BCUT2D eigenvalue weighted by molar-refractivity contribution is 0.142. The average molecular weight is 183 g/mol. The minimum Gasteiger partial charge on any atom is -0.387 e. The highest BCUT2D eigenvalue weighted by molar-refractivity contribution is 5.09. The molecule has 0 aromatic carbocycles. The quantitative estimate of drug-likeness (QED) is 0.717. The van der Waals surface area contributed by atoms with Crippen LogP contribution in [0.25, 0.3) is 0 Å². The summed E-state index contributed by atoms with van der Waals surface area (Å²) in [6, 6.07) is -0.186. The van der Waals surface area contributed by atoms with Crippen LogP contribution in [0.4, 0.5) is 0 Å². The molecule has 1 heterocycles. The van der Waals surface area contributed by atoms with Crippen molar-refractivity contribution in [1.29, 1.82) is 0 Å². The van der Waals surface area contributed by atoms with Crippen LogP contribution in [-0.2, 0) is 7.05 Å². The van der Waals surface area contributed by atoms with E-state index in [2.05, 4.69) is 12.0 Å². The number of rotatable bonds is 4. The summed E-state index contributed by atoms with van der Waals surface area (Å²) in [5.74, 6) is 0. The Bertz CT molecular complexity index is 259. The van der Waals surface area contributed by atoms with Crippen LogP contribution in [0.15, 0.2) is 12.4 Å². The van der Waals surface area contributed by atoms with Gasteiger partial charge in [0.2, 0.25) is 0 Å². The maximum atomic E-state index is 9.76. The van der Waals surface area contributed by atoms with E-state index in [1.54, 1.807) is 17.1 Å². The predicted molar refractivity (Wildman–Crippen MR) is 51.1 cm³/mol. The Kier molecular flexibility index (Phi) is 3.45. The Morgan fingerprint density at radius 1 is 1.69 bits per heavy atom. The van der Waals surface area contributed by atoms with Gasteiger partial charge in [-0.3, -0.25) is 4.68 Å². The molecule has 4 heteroatoms. The number of hydrogen-bond donors (Lipinski definition) is 2. The van der Waals surface area contributed by atoms with Crippen molar-refractivity contribution in [2.45, 2.75) is 31.9 Å². The molecule has 13 heavy (non-hydrogen) atoms. The molecule has 0 bridgehead atoms. The monoisotopic (exact) mass is 183 g/mol. The minimum absolute atomic E-state index is 0.186. The lowest BCUT2D eigenvalue weighted by atomic mass is 10.0. The summed E-state index contributed by atoms with van der Waals surface area (Å²) >= 11 is 0. The van der Waals surface area contributed by atoms with Crippen molar-refractivity contribution >= 4 is 0 Å². The molecule has 0 aliphatic heterocycles. The van der Waals surface area contributed by atoms with Crippen LogP contribution in [0, 0.1) is 0 Å². The molecule has 0 saturated heterocycles. The Labute approximate surface area is 78.4 Å². The molecule has 2 unspecified atom stereocenters. The Morgan fingerprint density at radius 3 is 2.85 bits per heavy atom. The zero-order chi connectivity index (χ0) is 9.84. The van der Waals surface area contributed by atoms with Gasteiger partial charge in [-0.1, -0.05) is 13.3 Å². The molecule has 2 atom stereocenters.